The average Bonchev–Trinajstić information content (AvgIpc) is 3.37. The van der Waals surface area contributed by atoms with E-state index in [-0.39, 0.29) is 53.8 Å². The molecule has 7 aliphatic rings. The van der Waals surface area contributed by atoms with Gasteiger partial charge in [-0.1, -0.05) is 13.8 Å². The minimum atomic E-state index is -0.767. The molecular formula is C25H39NO6. The van der Waals surface area contributed by atoms with Gasteiger partial charge in [-0.25, -0.2) is 0 Å². The van der Waals surface area contributed by atoms with Crippen molar-refractivity contribution in [1.82, 2.24) is 4.90 Å². The van der Waals surface area contributed by atoms with Crippen molar-refractivity contribution < 1.29 is 28.8 Å². The van der Waals surface area contributed by atoms with Crippen molar-refractivity contribution in [3.05, 3.63) is 0 Å². The van der Waals surface area contributed by atoms with Crippen molar-refractivity contribution in [2.45, 2.75) is 81.2 Å². The van der Waals surface area contributed by atoms with Gasteiger partial charge in [0.25, 0.3) is 0 Å². The molecule has 2 heterocycles. The number of rotatable bonds is 4. The molecule has 0 aromatic heterocycles. The number of likely N-dealkylation sites (tertiary alicyclic amines) is 1. The summed E-state index contributed by atoms with van der Waals surface area (Å²) in [6.45, 7) is 6.87. The second-order valence-corrected chi connectivity index (χ2v) is 12.1. The van der Waals surface area contributed by atoms with Crippen LogP contribution in [0.2, 0.25) is 0 Å². The first-order valence-electron chi connectivity index (χ1n) is 12.7. The third-order valence-corrected chi connectivity index (χ3v) is 11.8. The van der Waals surface area contributed by atoms with E-state index in [4.69, 9.17) is 23.7 Å². The Balaban J connectivity index is 1.56. The highest BCUT2D eigenvalue weighted by Crippen LogP contribution is 2.82. The first-order chi connectivity index (χ1) is 15.4. The first kappa shape index (κ1) is 21.0. The number of aliphatic hydroxyl groups is 1. The molecule has 7 bridgehead atoms. The van der Waals surface area contributed by atoms with E-state index in [9.17, 15) is 5.11 Å². The first-order valence-corrected chi connectivity index (χ1v) is 12.7. The Morgan fingerprint density at radius 1 is 1.12 bits per heavy atom. The van der Waals surface area contributed by atoms with Gasteiger partial charge < -0.3 is 28.8 Å². The number of hydrogen-bond donors (Lipinski definition) is 1. The molecule has 2 aliphatic heterocycles. The lowest BCUT2D eigenvalue weighted by atomic mass is 9.43. The molecule has 0 aromatic carbocycles. The molecule has 0 unspecified atom stereocenters. The standard InChI is InChI=1S/C25H39NO6/c1-6-26-11-22(2)8-7-16(29-4)24-14-9-13-15(28-3)10-23(17(14)18(13)30-5)25(21(24)26,32-12-31-23)20(27)19(22)24/h13-21,27H,6-12H2,1-5H3/t13-,14-,15+,16+,17-,18+,19-,20+,21+,22+,23-,24+,25+/m1/s1. The molecule has 0 aromatic rings. The summed E-state index contributed by atoms with van der Waals surface area (Å²) in [5, 5.41) is 12.4. The van der Waals surface area contributed by atoms with E-state index in [1.807, 2.05) is 21.3 Å². The Morgan fingerprint density at radius 2 is 1.94 bits per heavy atom. The predicted molar refractivity (Wildman–Crippen MR) is 115 cm³/mol. The second-order valence-electron chi connectivity index (χ2n) is 12.1. The predicted octanol–water partition coefficient (Wildman–Crippen LogP) is 1.66. The van der Waals surface area contributed by atoms with E-state index in [2.05, 4.69) is 18.7 Å². The SMILES string of the molecule is CCN1C[C@]2(C)CC[C@H](OC)[C@@]34[C@@H]5C[C@H]6[C@H](OC)[C@@H]5[C@@]5(C[C@@H]6OC)OCO[C@@]5([C@@H](O)[C@H]23)[C@@H]14. The van der Waals surface area contributed by atoms with E-state index in [0.717, 1.165) is 38.8 Å². The Labute approximate surface area is 191 Å². The van der Waals surface area contributed by atoms with E-state index < -0.39 is 17.3 Å². The topological polar surface area (TPSA) is 69.6 Å². The number of fused-ring (bicyclic) bond motifs is 1. The quantitative estimate of drug-likeness (QED) is 0.700. The van der Waals surface area contributed by atoms with Crippen LogP contribution in [0.4, 0.5) is 0 Å². The van der Waals surface area contributed by atoms with E-state index in [0.29, 0.717) is 11.8 Å². The third-order valence-electron chi connectivity index (χ3n) is 11.8. The zero-order chi connectivity index (χ0) is 22.3. The van der Waals surface area contributed by atoms with Crippen LogP contribution in [0.5, 0.6) is 0 Å². The largest absolute Gasteiger partial charge is 0.390 e. The number of aliphatic hydroxyl groups excluding tert-OH is 1. The highest BCUT2D eigenvalue weighted by Gasteiger charge is 2.93. The van der Waals surface area contributed by atoms with Gasteiger partial charge in [0.15, 0.2) is 0 Å². The van der Waals surface area contributed by atoms with Gasteiger partial charge in [-0.2, -0.15) is 0 Å². The molecule has 32 heavy (non-hydrogen) atoms. The zero-order valence-corrected chi connectivity index (χ0v) is 20.1. The van der Waals surface area contributed by atoms with Gasteiger partial charge in [0, 0.05) is 57.5 Å². The Bertz CT molecular complexity index is 826. The zero-order valence-electron chi connectivity index (χ0n) is 20.1. The normalized spacial score (nSPS) is 64.1. The maximum Gasteiger partial charge on any atom is 0.148 e. The van der Waals surface area contributed by atoms with Crippen LogP contribution < -0.4 is 0 Å². The molecule has 0 radical (unpaired) electrons. The highest BCUT2D eigenvalue weighted by atomic mass is 16.7. The second kappa shape index (κ2) is 6.28. The monoisotopic (exact) mass is 449 g/mol. The van der Waals surface area contributed by atoms with E-state index in [1.165, 1.54) is 0 Å². The Kier molecular flexibility index (Phi) is 4.13. The number of nitrogens with zero attached hydrogens (tertiary/aromatic N) is 1. The number of hydrogen-bond acceptors (Lipinski definition) is 7. The summed E-state index contributed by atoms with van der Waals surface area (Å²) in [5.41, 5.74) is -1.48. The lowest BCUT2D eigenvalue weighted by Gasteiger charge is -2.69. The molecular weight excluding hydrogens is 410 g/mol. The van der Waals surface area contributed by atoms with Crippen molar-refractivity contribution in [2.75, 3.05) is 41.2 Å². The van der Waals surface area contributed by atoms with Crippen molar-refractivity contribution >= 4 is 0 Å². The van der Waals surface area contributed by atoms with Gasteiger partial charge in [-0.15, -0.1) is 0 Å². The minimum absolute atomic E-state index is 0.0392. The van der Waals surface area contributed by atoms with Crippen LogP contribution in [0.25, 0.3) is 0 Å². The van der Waals surface area contributed by atoms with Crippen LogP contribution in [-0.4, -0.2) is 92.9 Å². The molecule has 1 N–H and O–H groups in total. The van der Waals surface area contributed by atoms with Gasteiger partial charge in [-0.05, 0) is 37.1 Å². The number of methoxy groups -OCH3 is 3. The minimum Gasteiger partial charge on any atom is -0.390 e. The van der Waals surface area contributed by atoms with Crippen LogP contribution in [-0.2, 0) is 23.7 Å². The number of likely N-dealkylation sites (N-methyl/N-ethyl adjacent to an activating group) is 1. The maximum absolute atomic E-state index is 12.4. The third kappa shape index (κ3) is 1.80. The van der Waals surface area contributed by atoms with Crippen LogP contribution in [0, 0.1) is 34.5 Å². The van der Waals surface area contributed by atoms with Crippen LogP contribution >= 0.6 is 0 Å². The van der Waals surface area contributed by atoms with Crippen molar-refractivity contribution in [3.8, 4) is 0 Å². The van der Waals surface area contributed by atoms with Gasteiger partial charge in [0.05, 0.1) is 30.5 Å². The Morgan fingerprint density at radius 3 is 2.62 bits per heavy atom. The Hall–Kier alpha value is -0.280. The fourth-order valence-corrected chi connectivity index (χ4v) is 11.5. The van der Waals surface area contributed by atoms with Gasteiger partial charge in [0.1, 0.15) is 18.0 Å². The molecule has 7 heteroatoms. The molecule has 7 nitrogen and oxygen atoms in total. The van der Waals surface area contributed by atoms with Gasteiger partial charge >= 0.3 is 0 Å². The van der Waals surface area contributed by atoms with Crippen molar-refractivity contribution in [2.24, 2.45) is 34.5 Å². The van der Waals surface area contributed by atoms with Crippen LogP contribution in [0.15, 0.2) is 0 Å². The van der Waals surface area contributed by atoms with E-state index >= 15 is 0 Å². The van der Waals surface area contributed by atoms with E-state index in [1.54, 1.807) is 0 Å². The van der Waals surface area contributed by atoms with Crippen LogP contribution in [0.3, 0.4) is 0 Å². The smallest absolute Gasteiger partial charge is 0.148 e. The number of ether oxygens (including phenoxy) is 5. The summed E-state index contributed by atoms with van der Waals surface area (Å²) in [5.74, 6) is 1.05. The van der Waals surface area contributed by atoms with Crippen molar-refractivity contribution in [1.29, 1.82) is 0 Å². The summed E-state index contributed by atoms with van der Waals surface area (Å²) in [6.07, 6.45) is 3.60. The summed E-state index contributed by atoms with van der Waals surface area (Å²) in [4.78, 5) is 2.64. The highest BCUT2D eigenvalue weighted by molar-refractivity contribution is 5.42. The molecule has 5 saturated carbocycles. The molecule has 7 fully saturated rings. The molecule has 180 valence electrons. The lowest BCUT2D eigenvalue weighted by Crippen LogP contribution is -2.80. The molecule has 2 saturated heterocycles. The summed E-state index contributed by atoms with van der Waals surface area (Å²) in [6, 6.07) is 0.0916. The molecule has 13 atom stereocenters. The molecule has 5 aliphatic carbocycles. The summed E-state index contributed by atoms with van der Waals surface area (Å²) >= 11 is 0. The summed E-state index contributed by atoms with van der Waals surface area (Å²) < 4.78 is 32.2. The molecule has 7 rings (SSSR count). The molecule has 3 spiro atoms. The lowest BCUT2D eigenvalue weighted by molar-refractivity contribution is -0.282. The molecule has 0 amide bonds. The van der Waals surface area contributed by atoms with Gasteiger partial charge in [0.2, 0.25) is 0 Å². The number of piperidine rings is 1. The van der Waals surface area contributed by atoms with Crippen molar-refractivity contribution in [3.63, 3.8) is 0 Å². The van der Waals surface area contributed by atoms with Crippen LogP contribution in [0.1, 0.15) is 39.5 Å². The fourth-order valence-electron chi connectivity index (χ4n) is 11.5. The summed E-state index contributed by atoms with van der Waals surface area (Å²) in [7, 11) is 5.54. The fraction of sp³-hybridized carbons (Fsp3) is 1.00. The average molecular weight is 450 g/mol. The van der Waals surface area contributed by atoms with Gasteiger partial charge in [-0.3, -0.25) is 4.90 Å². The maximum atomic E-state index is 12.4.